The summed E-state index contributed by atoms with van der Waals surface area (Å²) >= 11 is 0. The highest BCUT2D eigenvalue weighted by atomic mass is 32.2. The van der Waals surface area contributed by atoms with E-state index in [0.717, 1.165) is 24.2 Å². The number of benzene rings is 1. The molecule has 0 radical (unpaired) electrons. The van der Waals surface area contributed by atoms with Crippen LogP contribution in [0, 0.1) is 0 Å². The number of nitrogens with one attached hydrogen (secondary N) is 2. The fraction of sp³-hybridized carbons (Fsp3) is 0.556. The first-order valence-electron chi connectivity index (χ1n) is 9.07. The number of carbonyl (C=O) groups is 1. The Bertz CT molecular complexity index is 729. The van der Waals surface area contributed by atoms with Gasteiger partial charge in [-0.1, -0.05) is 19.1 Å². The van der Waals surface area contributed by atoms with Gasteiger partial charge in [-0.15, -0.1) is 0 Å². The summed E-state index contributed by atoms with van der Waals surface area (Å²) in [6, 6.07) is 7.83. The van der Waals surface area contributed by atoms with Crippen molar-refractivity contribution in [3.8, 4) is 0 Å². The van der Waals surface area contributed by atoms with Gasteiger partial charge in [0.2, 0.25) is 5.91 Å². The first-order chi connectivity index (χ1) is 12.4. The van der Waals surface area contributed by atoms with Crippen molar-refractivity contribution in [1.82, 2.24) is 10.6 Å². The van der Waals surface area contributed by atoms with Gasteiger partial charge in [-0.05, 0) is 31.0 Å². The molecule has 8 heteroatoms. The molecule has 144 valence electrons. The number of carbonyl (C=O) groups excluding carboxylic acids is 1. The van der Waals surface area contributed by atoms with E-state index in [2.05, 4.69) is 15.6 Å². The lowest BCUT2D eigenvalue weighted by molar-refractivity contribution is -0.117. The van der Waals surface area contributed by atoms with Crippen molar-refractivity contribution >= 4 is 27.4 Å². The third kappa shape index (κ3) is 6.01. The van der Waals surface area contributed by atoms with Crippen molar-refractivity contribution in [3.05, 3.63) is 29.8 Å². The number of nitrogens with zero attached hydrogens (tertiary/aromatic N) is 2. The SMILES string of the molecule is CCNC(=NCc1ccc(N2CCCC2=O)cc1)NCCS(=O)(=O)CC. The normalized spacial score (nSPS) is 15.4. The summed E-state index contributed by atoms with van der Waals surface area (Å²) in [5.41, 5.74) is 1.95. The van der Waals surface area contributed by atoms with Crippen LogP contribution < -0.4 is 15.5 Å². The summed E-state index contributed by atoms with van der Waals surface area (Å²) in [5.74, 6) is 1.01. The average Bonchev–Trinajstić information content (AvgIpc) is 3.06. The van der Waals surface area contributed by atoms with Crippen molar-refractivity contribution in [2.75, 3.05) is 36.0 Å². The lowest BCUT2D eigenvalue weighted by atomic mass is 10.2. The van der Waals surface area contributed by atoms with E-state index < -0.39 is 9.84 Å². The Morgan fingerprint density at radius 2 is 1.92 bits per heavy atom. The molecule has 26 heavy (non-hydrogen) atoms. The van der Waals surface area contributed by atoms with Crippen LogP contribution >= 0.6 is 0 Å². The summed E-state index contributed by atoms with van der Waals surface area (Å²) in [5, 5.41) is 6.16. The maximum Gasteiger partial charge on any atom is 0.227 e. The van der Waals surface area contributed by atoms with Gasteiger partial charge in [-0.3, -0.25) is 4.79 Å². The van der Waals surface area contributed by atoms with E-state index >= 15 is 0 Å². The monoisotopic (exact) mass is 380 g/mol. The number of aliphatic imine (C=N–C) groups is 1. The number of rotatable bonds is 8. The van der Waals surface area contributed by atoms with Gasteiger partial charge in [-0.25, -0.2) is 13.4 Å². The first-order valence-corrected chi connectivity index (χ1v) is 10.9. The minimum absolute atomic E-state index is 0.0898. The Hall–Kier alpha value is -2.09. The Morgan fingerprint density at radius 3 is 2.50 bits per heavy atom. The lowest BCUT2D eigenvalue weighted by Gasteiger charge is -2.16. The minimum Gasteiger partial charge on any atom is -0.357 e. The number of sulfone groups is 1. The number of guanidine groups is 1. The molecular formula is C18H28N4O3S. The average molecular weight is 381 g/mol. The van der Waals surface area contributed by atoms with E-state index in [-0.39, 0.29) is 17.4 Å². The van der Waals surface area contributed by atoms with Gasteiger partial charge in [0, 0.05) is 37.5 Å². The zero-order valence-electron chi connectivity index (χ0n) is 15.5. The van der Waals surface area contributed by atoms with Crippen molar-refractivity contribution < 1.29 is 13.2 Å². The van der Waals surface area contributed by atoms with E-state index in [1.807, 2.05) is 36.1 Å². The van der Waals surface area contributed by atoms with Crippen LogP contribution in [0.25, 0.3) is 0 Å². The molecule has 1 aliphatic heterocycles. The fourth-order valence-corrected chi connectivity index (χ4v) is 3.39. The molecule has 7 nitrogen and oxygen atoms in total. The number of hydrogen-bond acceptors (Lipinski definition) is 4. The Morgan fingerprint density at radius 1 is 1.19 bits per heavy atom. The molecule has 2 rings (SSSR count). The molecule has 1 amide bonds. The fourth-order valence-electron chi connectivity index (χ4n) is 2.68. The van der Waals surface area contributed by atoms with Crippen molar-refractivity contribution in [1.29, 1.82) is 0 Å². The van der Waals surface area contributed by atoms with Gasteiger partial charge in [0.1, 0.15) is 0 Å². The Balaban J connectivity index is 1.92. The van der Waals surface area contributed by atoms with E-state index in [1.54, 1.807) is 6.92 Å². The van der Waals surface area contributed by atoms with Crippen LogP contribution in [0.5, 0.6) is 0 Å². The molecule has 1 aliphatic rings. The second kappa shape index (κ2) is 9.56. The molecule has 1 aromatic rings. The van der Waals surface area contributed by atoms with Crippen LogP contribution in [0.4, 0.5) is 5.69 Å². The maximum absolute atomic E-state index is 11.8. The topological polar surface area (TPSA) is 90.9 Å². The summed E-state index contributed by atoms with van der Waals surface area (Å²) in [6.07, 6.45) is 1.54. The molecule has 0 spiro atoms. The molecule has 1 saturated heterocycles. The van der Waals surface area contributed by atoms with E-state index in [4.69, 9.17) is 0 Å². The summed E-state index contributed by atoms with van der Waals surface area (Å²) in [6.45, 7) is 5.89. The van der Waals surface area contributed by atoms with Gasteiger partial charge >= 0.3 is 0 Å². The quantitative estimate of drug-likeness (QED) is 0.524. The largest absolute Gasteiger partial charge is 0.357 e. The highest BCUT2D eigenvalue weighted by Gasteiger charge is 2.21. The smallest absolute Gasteiger partial charge is 0.227 e. The van der Waals surface area contributed by atoms with Gasteiger partial charge in [0.15, 0.2) is 15.8 Å². The predicted molar refractivity (Wildman–Crippen MR) is 105 cm³/mol. The van der Waals surface area contributed by atoms with E-state index in [9.17, 15) is 13.2 Å². The number of amides is 1. The molecule has 0 aromatic heterocycles. The van der Waals surface area contributed by atoms with Crippen LogP contribution in [-0.2, 0) is 21.2 Å². The third-order valence-corrected chi connectivity index (χ3v) is 5.94. The summed E-state index contributed by atoms with van der Waals surface area (Å²) < 4.78 is 23.1. The van der Waals surface area contributed by atoms with Crippen LogP contribution in [0.2, 0.25) is 0 Å². The zero-order valence-corrected chi connectivity index (χ0v) is 16.3. The van der Waals surface area contributed by atoms with Crippen LogP contribution in [0.3, 0.4) is 0 Å². The van der Waals surface area contributed by atoms with Crippen LogP contribution in [0.1, 0.15) is 32.3 Å². The molecule has 0 unspecified atom stereocenters. The molecule has 0 atom stereocenters. The third-order valence-electron chi connectivity index (χ3n) is 4.23. The maximum atomic E-state index is 11.8. The highest BCUT2D eigenvalue weighted by Crippen LogP contribution is 2.21. The lowest BCUT2D eigenvalue weighted by Crippen LogP contribution is -2.39. The van der Waals surface area contributed by atoms with Crippen molar-refractivity contribution in [3.63, 3.8) is 0 Å². The molecule has 0 saturated carbocycles. The van der Waals surface area contributed by atoms with E-state index in [1.165, 1.54) is 0 Å². The van der Waals surface area contributed by atoms with Crippen molar-refractivity contribution in [2.45, 2.75) is 33.2 Å². The standard InChI is InChI=1S/C18H28N4O3S/c1-3-19-18(20-11-13-26(24,25)4-2)21-14-15-7-9-16(10-8-15)22-12-5-6-17(22)23/h7-10H,3-6,11-14H2,1-2H3,(H2,19,20,21). The van der Waals surface area contributed by atoms with Gasteiger partial charge in [0.25, 0.3) is 0 Å². The summed E-state index contributed by atoms with van der Waals surface area (Å²) in [4.78, 5) is 18.1. The van der Waals surface area contributed by atoms with Crippen molar-refractivity contribution in [2.24, 2.45) is 4.99 Å². The van der Waals surface area contributed by atoms with Gasteiger partial charge < -0.3 is 15.5 Å². The number of hydrogen-bond donors (Lipinski definition) is 2. The number of anilines is 1. The molecule has 1 heterocycles. The molecule has 0 bridgehead atoms. The van der Waals surface area contributed by atoms with Crippen LogP contribution in [0.15, 0.2) is 29.3 Å². The van der Waals surface area contributed by atoms with E-state index in [0.29, 0.717) is 32.0 Å². The summed E-state index contributed by atoms with van der Waals surface area (Å²) in [7, 11) is -2.99. The zero-order chi connectivity index (χ0) is 19.0. The molecule has 0 aliphatic carbocycles. The molecule has 2 N–H and O–H groups in total. The Kier molecular flexibility index (Phi) is 7.44. The molecule has 1 aromatic carbocycles. The second-order valence-corrected chi connectivity index (χ2v) is 8.65. The van der Waals surface area contributed by atoms with Gasteiger partial charge in [-0.2, -0.15) is 0 Å². The molecular weight excluding hydrogens is 352 g/mol. The molecule has 1 fully saturated rings. The predicted octanol–water partition coefficient (Wildman–Crippen LogP) is 1.30. The van der Waals surface area contributed by atoms with Crippen LogP contribution in [-0.4, -0.2) is 51.4 Å². The van der Waals surface area contributed by atoms with Gasteiger partial charge in [0.05, 0.1) is 12.3 Å². The second-order valence-electron chi connectivity index (χ2n) is 6.17. The minimum atomic E-state index is -2.99. The first kappa shape index (κ1) is 20.2. The Labute approximate surface area is 155 Å². The highest BCUT2D eigenvalue weighted by molar-refractivity contribution is 7.91.